The number of fused-ring (bicyclic) bond motifs is 1. The fraction of sp³-hybridized carbons (Fsp3) is 0.450. The molecule has 2 aromatic rings. The van der Waals surface area contributed by atoms with Crippen molar-refractivity contribution in [3.63, 3.8) is 0 Å². The predicted molar refractivity (Wildman–Crippen MR) is 102 cm³/mol. The maximum atomic E-state index is 13.7. The zero-order chi connectivity index (χ0) is 19.3. The predicted octanol–water partition coefficient (Wildman–Crippen LogP) is 3.23. The standard InChI is InChI=1S/C20H22FN3O2S/c1-10-6-13-9-24(17(19(22)25)15(13)7-10)20(26)16-18(27-11(2)23-16)12-4-3-5-14(21)8-12/h3-5,8,10,13,15,17H,6-7,9H2,1-2H3,(H2,22,25)/t10?,13-,15-,17-/m0/s1. The molecule has 5 nitrogen and oxygen atoms in total. The Balaban J connectivity index is 1.70. The number of hydrogen-bond acceptors (Lipinski definition) is 4. The molecule has 1 saturated heterocycles. The van der Waals surface area contributed by atoms with Crippen LogP contribution in [0.2, 0.25) is 0 Å². The zero-order valence-corrected chi connectivity index (χ0v) is 16.1. The average Bonchev–Trinajstić information content (AvgIpc) is 3.25. The van der Waals surface area contributed by atoms with Crippen LogP contribution in [0.3, 0.4) is 0 Å². The second-order valence-corrected chi connectivity index (χ2v) is 8.93. The summed E-state index contributed by atoms with van der Waals surface area (Å²) in [6.45, 7) is 4.52. The number of aromatic nitrogens is 1. The van der Waals surface area contributed by atoms with Crippen molar-refractivity contribution in [1.82, 2.24) is 9.88 Å². The number of carbonyl (C=O) groups is 2. The fourth-order valence-electron chi connectivity index (χ4n) is 4.75. The van der Waals surface area contributed by atoms with Crippen LogP contribution >= 0.6 is 11.3 Å². The maximum absolute atomic E-state index is 13.7. The second kappa shape index (κ2) is 6.71. The minimum Gasteiger partial charge on any atom is -0.368 e. The summed E-state index contributed by atoms with van der Waals surface area (Å²) in [7, 11) is 0. The van der Waals surface area contributed by atoms with Crippen molar-refractivity contribution in [2.24, 2.45) is 23.5 Å². The molecule has 0 bridgehead atoms. The first kappa shape index (κ1) is 18.1. The normalized spacial score (nSPS) is 27.0. The molecule has 0 spiro atoms. The van der Waals surface area contributed by atoms with Gasteiger partial charge in [-0.25, -0.2) is 9.37 Å². The first-order valence-electron chi connectivity index (χ1n) is 9.18. The van der Waals surface area contributed by atoms with Gasteiger partial charge in [0.2, 0.25) is 5.91 Å². The van der Waals surface area contributed by atoms with E-state index >= 15 is 0 Å². The van der Waals surface area contributed by atoms with Crippen LogP contribution in [0.25, 0.3) is 10.4 Å². The van der Waals surface area contributed by atoms with E-state index in [4.69, 9.17) is 5.73 Å². The van der Waals surface area contributed by atoms with Gasteiger partial charge in [-0.2, -0.15) is 0 Å². The van der Waals surface area contributed by atoms with Gasteiger partial charge in [0.25, 0.3) is 5.91 Å². The van der Waals surface area contributed by atoms with Crippen LogP contribution in [-0.2, 0) is 4.79 Å². The Hall–Kier alpha value is -2.28. The van der Waals surface area contributed by atoms with E-state index in [-0.39, 0.29) is 23.3 Å². The van der Waals surface area contributed by atoms with Gasteiger partial charge >= 0.3 is 0 Å². The molecule has 2 fully saturated rings. The number of amides is 2. The van der Waals surface area contributed by atoms with Gasteiger partial charge in [-0.05, 0) is 55.2 Å². The third kappa shape index (κ3) is 3.14. The van der Waals surface area contributed by atoms with Crippen molar-refractivity contribution >= 4 is 23.2 Å². The Labute approximate surface area is 161 Å². The first-order valence-corrected chi connectivity index (χ1v) is 10.0. The van der Waals surface area contributed by atoms with Gasteiger partial charge in [0.05, 0.1) is 9.88 Å². The number of nitrogens with two attached hydrogens (primary N) is 1. The van der Waals surface area contributed by atoms with Crippen LogP contribution in [-0.4, -0.2) is 34.3 Å². The second-order valence-electron chi connectivity index (χ2n) is 7.73. The molecular weight excluding hydrogens is 365 g/mol. The van der Waals surface area contributed by atoms with Crippen LogP contribution in [0, 0.1) is 30.5 Å². The lowest BCUT2D eigenvalue weighted by Gasteiger charge is -2.25. The van der Waals surface area contributed by atoms with E-state index in [1.165, 1.54) is 23.5 Å². The van der Waals surface area contributed by atoms with Crippen molar-refractivity contribution in [2.45, 2.75) is 32.7 Å². The summed E-state index contributed by atoms with van der Waals surface area (Å²) in [4.78, 5) is 32.1. The molecular formula is C20H22FN3O2S. The molecule has 2 N–H and O–H groups in total. The van der Waals surface area contributed by atoms with Crippen LogP contribution in [0.15, 0.2) is 24.3 Å². The smallest absolute Gasteiger partial charge is 0.274 e. The molecule has 142 valence electrons. The number of thiazole rings is 1. The average molecular weight is 387 g/mol. The maximum Gasteiger partial charge on any atom is 0.274 e. The third-order valence-corrected chi connectivity index (χ3v) is 6.75. The van der Waals surface area contributed by atoms with Gasteiger partial charge in [0.15, 0.2) is 0 Å². The quantitative estimate of drug-likeness (QED) is 0.878. The number of primary amides is 1. The molecule has 2 aliphatic rings. The number of carbonyl (C=O) groups excluding carboxylic acids is 2. The van der Waals surface area contributed by atoms with Gasteiger partial charge < -0.3 is 10.6 Å². The molecule has 4 rings (SSSR count). The topological polar surface area (TPSA) is 76.3 Å². The molecule has 7 heteroatoms. The van der Waals surface area contributed by atoms with Gasteiger partial charge in [-0.1, -0.05) is 19.1 Å². The van der Waals surface area contributed by atoms with Crippen molar-refractivity contribution in [1.29, 1.82) is 0 Å². The summed E-state index contributed by atoms with van der Waals surface area (Å²) >= 11 is 1.35. The highest BCUT2D eigenvalue weighted by Crippen LogP contribution is 2.45. The summed E-state index contributed by atoms with van der Waals surface area (Å²) < 4.78 is 13.7. The summed E-state index contributed by atoms with van der Waals surface area (Å²) in [6, 6.07) is 5.55. The lowest BCUT2D eigenvalue weighted by molar-refractivity contribution is -0.122. The molecule has 1 aliphatic carbocycles. The molecule has 2 heterocycles. The Kier molecular flexibility index (Phi) is 4.50. The minimum absolute atomic E-state index is 0.124. The van der Waals surface area contributed by atoms with Crippen LogP contribution in [0.5, 0.6) is 0 Å². The van der Waals surface area contributed by atoms with E-state index in [1.54, 1.807) is 17.0 Å². The van der Waals surface area contributed by atoms with Gasteiger partial charge in [0, 0.05) is 6.54 Å². The highest BCUT2D eigenvalue weighted by Gasteiger charge is 2.51. The van der Waals surface area contributed by atoms with E-state index < -0.39 is 11.9 Å². The summed E-state index contributed by atoms with van der Waals surface area (Å²) in [6.07, 6.45) is 1.92. The largest absolute Gasteiger partial charge is 0.368 e. The summed E-state index contributed by atoms with van der Waals surface area (Å²) in [5.41, 5.74) is 6.58. The molecule has 1 unspecified atom stereocenters. The Morgan fingerprint density at radius 1 is 1.33 bits per heavy atom. The molecule has 0 radical (unpaired) electrons. The highest BCUT2D eigenvalue weighted by atomic mass is 32.1. The van der Waals surface area contributed by atoms with Crippen LogP contribution in [0.1, 0.15) is 35.3 Å². The van der Waals surface area contributed by atoms with Crippen LogP contribution in [0.4, 0.5) is 4.39 Å². The Morgan fingerprint density at radius 2 is 2.11 bits per heavy atom. The zero-order valence-electron chi connectivity index (χ0n) is 15.3. The number of benzene rings is 1. The third-order valence-electron chi connectivity index (χ3n) is 5.73. The van der Waals surface area contributed by atoms with Gasteiger partial charge in [-0.3, -0.25) is 9.59 Å². The number of aryl methyl sites for hydroxylation is 1. The molecule has 1 aliphatic heterocycles. The van der Waals surface area contributed by atoms with Crippen molar-refractivity contribution in [3.05, 3.63) is 40.8 Å². The van der Waals surface area contributed by atoms with Gasteiger partial charge in [-0.15, -0.1) is 11.3 Å². The van der Waals surface area contributed by atoms with Crippen molar-refractivity contribution < 1.29 is 14.0 Å². The number of halogens is 1. The van der Waals surface area contributed by atoms with Crippen LogP contribution < -0.4 is 5.73 Å². The van der Waals surface area contributed by atoms with E-state index in [1.807, 2.05) is 6.92 Å². The molecule has 1 aromatic heterocycles. The highest BCUT2D eigenvalue weighted by molar-refractivity contribution is 7.15. The summed E-state index contributed by atoms with van der Waals surface area (Å²) in [5, 5.41) is 0.723. The van der Waals surface area contributed by atoms with E-state index in [0.29, 0.717) is 28.8 Å². The Bertz CT molecular complexity index is 912. The molecule has 27 heavy (non-hydrogen) atoms. The lowest BCUT2D eigenvalue weighted by atomic mass is 9.93. The van der Waals surface area contributed by atoms with E-state index in [9.17, 15) is 14.0 Å². The molecule has 2 amide bonds. The fourth-order valence-corrected chi connectivity index (χ4v) is 5.65. The molecule has 1 saturated carbocycles. The molecule has 4 atom stereocenters. The number of hydrogen-bond donors (Lipinski definition) is 1. The lowest BCUT2D eigenvalue weighted by Crippen LogP contribution is -2.46. The van der Waals surface area contributed by atoms with E-state index in [0.717, 1.165) is 17.8 Å². The van der Waals surface area contributed by atoms with Crippen molar-refractivity contribution in [2.75, 3.05) is 6.54 Å². The SMILES string of the molecule is Cc1nc(C(=O)N2C[C@@H]3CC(C)C[C@@H]3[C@H]2C(N)=O)c(-c2cccc(F)c2)s1. The first-order chi connectivity index (χ1) is 12.8. The molecule has 1 aromatic carbocycles. The van der Waals surface area contributed by atoms with Gasteiger partial charge in [0.1, 0.15) is 17.6 Å². The van der Waals surface area contributed by atoms with E-state index in [2.05, 4.69) is 11.9 Å². The number of rotatable bonds is 3. The summed E-state index contributed by atoms with van der Waals surface area (Å²) in [5.74, 6) is -0.133. The Morgan fingerprint density at radius 3 is 2.81 bits per heavy atom. The van der Waals surface area contributed by atoms with Crippen molar-refractivity contribution in [3.8, 4) is 10.4 Å². The monoisotopic (exact) mass is 387 g/mol. The minimum atomic E-state index is -0.588. The number of likely N-dealkylation sites (tertiary alicyclic amines) is 1. The number of nitrogens with zero attached hydrogens (tertiary/aromatic N) is 2.